The Balaban J connectivity index is 2.27. The molecule has 2 nitrogen and oxygen atoms in total. The van der Waals surface area contributed by atoms with E-state index in [0.717, 1.165) is 25.0 Å². The fourth-order valence-electron chi connectivity index (χ4n) is 3.20. The van der Waals surface area contributed by atoms with Crippen molar-refractivity contribution in [1.82, 2.24) is 5.32 Å². The van der Waals surface area contributed by atoms with Crippen LogP contribution in [0, 0.1) is 11.8 Å². The van der Waals surface area contributed by atoms with Crippen molar-refractivity contribution < 1.29 is 4.74 Å². The van der Waals surface area contributed by atoms with Gasteiger partial charge in [-0.2, -0.15) is 0 Å². The summed E-state index contributed by atoms with van der Waals surface area (Å²) in [5.41, 5.74) is 0. The minimum absolute atomic E-state index is 0.506. The zero-order valence-electron chi connectivity index (χ0n) is 12.9. The summed E-state index contributed by atoms with van der Waals surface area (Å²) in [5, 5.41) is 3.61. The van der Waals surface area contributed by atoms with Crippen LogP contribution in [-0.4, -0.2) is 25.3 Å². The summed E-state index contributed by atoms with van der Waals surface area (Å²) in [6, 6.07) is 0.558. The van der Waals surface area contributed by atoms with E-state index in [4.69, 9.17) is 4.74 Å². The lowest BCUT2D eigenvalue weighted by atomic mass is 9.82. The van der Waals surface area contributed by atoms with Crippen LogP contribution in [0.1, 0.15) is 66.2 Å². The first kappa shape index (κ1) is 16.0. The standard InChI is InChI=1S/C16H33NO/c1-5-7-15(17-8-6-2)12-18-16-10-13(3)9-14(4)11-16/h13-17H,5-12H2,1-4H3. The van der Waals surface area contributed by atoms with Crippen LogP contribution >= 0.6 is 0 Å². The van der Waals surface area contributed by atoms with Gasteiger partial charge in [0.2, 0.25) is 0 Å². The maximum Gasteiger partial charge on any atom is 0.0623 e. The maximum absolute atomic E-state index is 6.17. The van der Waals surface area contributed by atoms with Crippen molar-refractivity contribution >= 4 is 0 Å². The summed E-state index contributed by atoms with van der Waals surface area (Å²) in [6.45, 7) is 11.2. The summed E-state index contributed by atoms with van der Waals surface area (Å²) in [7, 11) is 0. The van der Waals surface area contributed by atoms with Crippen molar-refractivity contribution in [2.24, 2.45) is 11.8 Å². The smallest absolute Gasteiger partial charge is 0.0623 e. The van der Waals surface area contributed by atoms with E-state index < -0.39 is 0 Å². The molecule has 18 heavy (non-hydrogen) atoms. The Morgan fingerprint density at radius 2 is 1.72 bits per heavy atom. The quantitative estimate of drug-likeness (QED) is 0.708. The number of rotatable bonds is 8. The van der Waals surface area contributed by atoms with Crippen LogP contribution < -0.4 is 5.32 Å². The molecule has 0 aliphatic heterocycles. The fraction of sp³-hybridized carbons (Fsp3) is 1.00. The molecule has 3 atom stereocenters. The van der Waals surface area contributed by atoms with Gasteiger partial charge in [-0.05, 0) is 50.5 Å². The molecule has 1 aliphatic carbocycles. The molecule has 1 saturated carbocycles. The van der Waals surface area contributed by atoms with Crippen LogP contribution in [-0.2, 0) is 4.74 Å². The molecule has 0 aromatic carbocycles. The Labute approximate surface area is 114 Å². The third kappa shape index (κ3) is 6.19. The average Bonchev–Trinajstić information content (AvgIpc) is 2.31. The predicted octanol–water partition coefficient (Wildman–Crippen LogP) is 4.00. The van der Waals surface area contributed by atoms with E-state index in [1.54, 1.807) is 0 Å². The van der Waals surface area contributed by atoms with Crippen LogP contribution in [0.25, 0.3) is 0 Å². The van der Waals surface area contributed by atoms with E-state index in [-0.39, 0.29) is 0 Å². The van der Waals surface area contributed by atoms with E-state index in [9.17, 15) is 0 Å². The van der Waals surface area contributed by atoms with Crippen LogP contribution in [0.3, 0.4) is 0 Å². The van der Waals surface area contributed by atoms with Crippen molar-refractivity contribution in [1.29, 1.82) is 0 Å². The first-order valence-electron chi connectivity index (χ1n) is 8.00. The highest BCUT2D eigenvalue weighted by molar-refractivity contribution is 4.76. The normalized spacial score (nSPS) is 30.3. The number of ether oxygens (including phenoxy) is 1. The monoisotopic (exact) mass is 255 g/mol. The lowest BCUT2D eigenvalue weighted by molar-refractivity contribution is -0.00982. The molecule has 1 fully saturated rings. The Morgan fingerprint density at radius 3 is 2.28 bits per heavy atom. The van der Waals surface area contributed by atoms with Crippen LogP contribution in [0.15, 0.2) is 0 Å². The van der Waals surface area contributed by atoms with Gasteiger partial charge in [0.25, 0.3) is 0 Å². The van der Waals surface area contributed by atoms with Crippen molar-refractivity contribution in [3.63, 3.8) is 0 Å². The van der Waals surface area contributed by atoms with Crippen LogP contribution in [0.5, 0.6) is 0 Å². The average molecular weight is 255 g/mol. The molecule has 1 rings (SSSR count). The molecule has 0 spiro atoms. The molecule has 3 unspecified atom stereocenters. The Bertz CT molecular complexity index is 197. The third-order valence-corrected chi connectivity index (χ3v) is 3.99. The molecule has 0 radical (unpaired) electrons. The lowest BCUT2D eigenvalue weighted by Gasteiger charge is -2.32. The second-order valence-electron chi connectivity index (χ2n) is 6.31. The molecule has 1 aliphatic rings. The van der Waals surface area contributed by atoms with E-state index in [1.165, 1.54) is 38.5 Å². The highest BCUT2D eigenvalue weighted by Gasteiger charge is 2.24. The van der Waals surface area contributed by atoms with Gasteiger partial charge in [-0.1, -0.05) is 34.1 Å². The van der Waals surface area contributed by atoms with Crippen molar-refractivity contribution in [2.45, 2.75) is 78.4 Å². The molecule has 0 amide bonds. The van der Waals surface area contributed by atoms with Gasteiger partial charge in [-0.15, -0.1) is 0 Å². The highest BCUT2D eigenvalue weighted by atomic mass is 16.5. The van der Waals surface area contributed by atoms with E-state index in [2.05, 4.69) is 33.0 Å². The van der Waals surface area contributed by atoms with Gasteiger partial charge in [0.05, 0.1) is 12.7 Å². The maximum atomic E-state index is 6.17. The van der Waals surface area contributed by atoms with Gasteiger partial charge in [-0.25, -0.2) is 0 Å². The van der Waals surface area contributed by atoms with Crippen LogP contribution in [0.2, 0.25) is 0 Å². The van der Waals surface area contributed by atoms with Gasteiger partial charge in [0.1, 0.15) is 0 Å². The summed E-state index contributed by atoms with van der Waals surface area (Å²) in [6.07, 6.45) is 8.09. The zero-order valence-corrected chi connectivity index (χ0v) is 12.9. The Kier molecular flexibility index (Phi) is 7.92. The minimum Gasteiger partial charge on any atom is -0.377 e. The molecule has 2 heteroatoms. The van der Waals surface area contributed by atoms with Crippen molar-refractivity contribution in [2.75, 3.05) is 13.2 Å². The summed E-state index contributed by atoms with van der Waals surface area (Å²) in [4.78, 5) is 0. The van der Waals surface area contributed by atoms with E-state index >= 15 is 0 Å². The summed E-state index contributed by atoms with van der Waals surface area (Å²) >= 11 is 0. The second kappa shape index (κ2) is 8.92. The largest absolute Gasteiger partial charge is 0.377 e. The van der Waals surface area contributed by atoms with Gasteiger partial charge in [-0.3, -0.25) is 0 Å². The first-order chi connectivity index (χ1) is 8.65. The van der Waals surface area contributed by atoms with Gasteiger partial charge in [0, 0.05) is 6.04 Å². The van der Waals surface area contributed by atoms with Crippen LogP contribution in [0.4, 0.5) is 0 Å². The summed E-state index contributed by atoms with van der Waals surface area (Å²) in [5.74, 6) is 1.68. The number of nitrogens with one attached hydrogen (secondary N) is 1. The highest BCUT2D eigenvalue weighted by Crippen LogP contribution is 2.30. The third-order valence-electron chi connectivity index (χ3n) is 3.99. The Hall–Kier alpha value is -0.0800. The Morgan fingerprint density at radius 1 is 1.06 bits per heavy atom. The van der Waals surface area contributed by atoms with Gasteiger partial charge >= 0.3 is 0 Å². The summed E-state index contributed by atoms with van der Waals surface area (Å²) < 4.78 is 6.17. The molecule has 1 N–H and O–H groups in total. The van der Waals surface area contributed by atoms with Crippen molar-refractivity contribution in [3.8, 4) is 0 Å². The molecule has 0 saturated heterocycles. The predicted molar refractivity (Wildman–Crippen MR) is 78.9 cm³/mol. The molecule has 0 aromatic heterocycles. The van der Waals surface area contributed by atoms with Gasteiger partial charge in [0.15, 0.2) is 0 Å². The van der Waals surface area contributed by atoms with Crippen molar-refractivity contribution in [3.05, 3.63) is 0 Å². The number of hydrogen-bond donors (Lipinski definition) is 1. The SMILES string of the molecule is CCCNC(CCC)COC1CC(C)CC(C)C1. The fourth-order valence-corrected chi connectivity index (χ4v) is 3.20. The molecular weight excluding hydrogens is 222 g/mol. The molecule has 0 bridgehead atoms. The number of hydrogen-bond acceptors (Lipinski definition) is 2. The second-order valence-corrected chi connectivity index (χ2v) is 6.31. The van der Waals surface area contributed by atoms with E-state index in [0.29, 0.717) is 12.1 Å². The zero-order chi connectivity index (χ0) is 13.4. The molecule has 0 heterocycles. The van der Waals surface area contributed by atoms with Gasteiger partial charge < -0.3 is 10.1 Å². The lowest BCUT2D eigenvalue weighted by Crippen LogP contribution is -2.37. The molecule has 0 aromatic rings. The first-order valence-corrected chi connectivity index (χ1v) is 8.00. The topological polar surface area (TPSA) is 21.3 Å². The molecule has 108 valence electrons. The minimum atomic E-state index is 0.506. The molecular formula is C16H33NO. The van der Waals surface area contributed by atoms with E-state index in [1.807, 2.05) is 0 Å².